The summed E-state index contributed by atoms with van der Waals surface area (Å²) >= 11 is 0. The Hall–Kier alpha value is -3.44. The summed E-state index contributed by atoms with van der Waals surface area (Å²) in [6.07, 6.45) is 4.91. The number of nitrogens with zero attached hydrogens (tertiary/aromatic N) is 3. The van der Waals surface area contributed by atoms with Gasteiger partial charge in [-0.15, -0.1) is 0 Å². The third kappa shape index (κ3) is 3.72. The van der Waals surface area contributed by atoms with E-state index in [-0.39, 0.29) is 5.56 Å². The normalized spacial score (nSPS) is 14.7. The molecule has 0 N–H and O–H groups in total. The molecule has 30 heavy (non-hydrogen) atoms. The number of para-hydroxylation sites is 1. The van der Waals surface area contributed by atoms with Crippen LogP contribution in [0.5, 0.6) is 0 Å². The van der Waals surface area contributed by atoms with Gasteiger partial charge in [-0.05, 0) is 41.8 Å². The molecule has 2 aromatic heterocycles. The lowest BCUT2D eigenvalue weighted by Crippen LogP contribution is -2.33. The molecule has 0 unspecified atom stereocenters. The van der Waals surface area contributed by atoms with Crippen LogP contribution in [0, 0.1) is 0 Å². The molecule has 0 amide bonds. The van der Waals surface area contributed by atoms with Gasteiger partial charge in [-0.1, -0.05) is 48.5 Å². The Morgan fingerprint density at radius 1 is 0.933 bits per heavy atom. The largest absolute Gasteiger partial charge is 0.467 e. The van der Waals surface area contributed by atoms with Crippen molar-refractivity contribution in [3.63, 3.8) is 0 Å². The average molecular weight is 397 g/mol. The number of aromatic nitrogens is 2. The van der Waals surface area contributed by atoms with Gasteiger partial charge in [0.05, 0.1) is 30.3 Å². The van der Waals surface area contributed by atoms with Crippen LogP contribution in [0.4, 0.5) is 0 Å². The number of hydrogen-bond donors (Lipinski definition) is 0. The Morgan fingerprint density at radius 3 is 2.53 bits per heavy atom. The molecule has 1 aliphatic heterocycles. The van der Waals surface area contributed by atoms with Crippen molar-refractivity contribution in [1.82, 2.24) is 14.5 Å². The van der Waals surface area contributed by atoms with Crippen molar-refractivity contribution >= 4 is 16.5 Å². The Labute approximate surface area is 174 Å². The predicted molar refractivity (Wildman–Crippen MR) is 118 cm³/mol. The molecule has 5 rings (SSSR count). The molecule has 3 heterocycles. The molecule has 0 spiro atoms. The average Bonchev–Trinajstić information content (AvgIpc) is 3.31. The third-order valence-corrected chi connectivity index (χ3v) is 5.64. The van der Waals surface area contributed by atoms with E-state index in [0.717, 1.165) is 36.6 Å². The molecular weight excluding hydrogens is 374 g/mol. The molecule has 5 heteroatoms. The minimum absolute atomic E-state index is 0.0236. The minimum Gasteiger partial charge on any atom is -0.467 e. The molecule has 1 aliphatic rings. The Balaban J connectivity index is 1.45. The standard InChI is InChI=1S/C25H23N3O2/c29-25-22-10-4-5-11-23(22)26-24(28(25)17-21-9-6-16-30-21)18-27-14-12-20(13-15-27)19-7-2-1-3-8-19/h1-12,16H,13-15,17-18H2. The Morgan fingerprint density at radius 2 is 1.77 bits per heavy atom. The molecule has 150 valence electrons. The van der Waals surface area contributed by atoms with Crippen molar-refractivity contribution in [3.05, 3.63) is 107 Å². The molecule has 2 aromatic carbocycles. The van der Waals surface area contributed by atoms with Crippen LogP contribution in [0.2, 0.25) is 0 Å². The van der Waals surface area contributed by atoms with Gasteiger partial charge < -0.3 is 4.42 Å². The number of hydrogen-bond acceptors (Lipinski definition) is 4. The van der Waals surface area contributed by atoms with Gasteiger partial charge >= 0.3 is 0 Å². The lowest BCUT2D eigenvalue weighted by molar-refractivity contribution is 0.280. The zero-order chi connectivity index (χ0) is 20.3. The van der Waals surface area contributed by atoms with Gasteiger partial charge in [0.1, 0.15) is 11.6 Å². The highest BCUT2D eigenvalue weighted by Gasteiger charge is 2.18. The Bertz CT molecular complexity index is 1240. The van der Waals surface area contributed by atoms with Crippen molar-refractivity contribution in [3.8, 4) is 0 Å². The summed E-state index contributed by atoms with van der Waals surface area (Å²) in [6.45, 7) is 2.79. The van der Waals surface area contributed by atoms with E-state index < -0.39 is 0 Å². The van der Waals surface area contributed by atoms with Crippen LogP contribution in [-0.4, -0.2) is 27.5 Å². The van der Waals surface area contributed by atoms with E-state index in [9.17, 15) is 4.79 Å². The van der Waals surface area contributed by atoms with Gasteiger partial charge in [-0.25, -0.2) is 4.98 Å². The van der Waals surface area contributed by atoms with Crippen LogP contribution in [0.15, 0.2) is 88.3 Å². The maximum atomic E-state index is 13.2. The predicted octanol–water partition coefficient (Wildman–Crippen LogP) is 4.33. The van der Waals surface area contributed by atoms with Crippen molar-refractivity contribution in [1.29, 1.82) is 0 Å². The maximum Gasteiger partial charge on any atom is 0.261 e. The second kappa shape index (κ2) is 8.13. The zero-order valence-corrected chi connectivity index (χ0v) is 16.7. The molecular formula is C25H23N3O2. The summed E-state index contributed by atoms with van der Waals surface area (Å²) in [7, 11) is 0. The van der Waals surface area contributed by atoms with Gasteiger partial charge in [-0.2, -0.15) is 0 Å². The minimum atomic E-state index is -0.0236. The lowest BCUT2D eigenvalue weighted by Gasteiger charge is -2.27. The van der Waals surface area contributed by atoms with Crippen LogP contribution >= 0.6 is 0 Å². The van der Waals surface area contributed by atoms with Crippen LogP contribution in [0.25, 0.3) is 16.5 Å². The highest BCUT2D eigenvalue weighted by Crippen LogP contribution is 2.23. The van der Waals surface area contributed by atoms with E-state index in [1.54, 1.807) is 10.8 Å². The zero-order valence-electron chi connectivity index (χ0n) is 16.7. The van der Waals surface area contributed by atoms with E-state index in [0.29, 0.717) is 18.5 Å². The summed E-state index contributed by atoms with van der Waals surface area (Å²) in [4.78, 5) is 20.4. The molecule has 0 atom stereocenters. The van der Waals surface area contributed by atoms with E-state index >= 15 is 0 Å². The summed E-state index contributed by atoms with van der Waals surface area (Å²) in [6, 6.07) is 21.8. The van der Waals surface area contributed by atoms with Crippen molar-refractivity contribution in [2.45, 2.75) is 19.5 Å². The Kier molecular flexibility index (Phi) is 5.03. The maximum absolute atomic E-state index is 13.2. The van der Waals surface area contributed by atoms with E-state index in [1.807, 2.05) is 42.5 Å². The first-order chi connectivity index (χ1) is 14.8. The molecule has 0 saturated heterocycles. The molecule has 0 bridgehead atoms. The van der Waals surface area contributed by atoms with Crippen molar-refractivity contribution in [2.24, 2.45) is 0 Å². The van der Waals surface area contributed by atoms with E-state index in [4.69, 9.17) is 9.40 Å². The van der Waals surface area contributed by atoms with Gasteiger partial charge in [0.2, 0.25) is 0 Å². The molecule has 0 fully saturated rings. The van der Waals surface area contributed by atoms with Crippen molar-refractivity contribution < 1.29 is 4.42 Å². The molecule has 0 aliphatic carbocycles. The summed E-state index contributed by atoms with van der Waals surface area (Å²) in [5.41, 5.74) is 3.39. The fourth-order valence-corrected chi connectivity index (χ4v) is 4.03. The fraction of sp³-hybridized carbons (Fsp3) is 0.200. The molecule has 4 aromatic rings. The highest BCUT2D eigenvalue weighted by atomic mass is 16.3. The quantitative estimate of drug-likeness (QED) is 0.503. The van der Waals surface area contributed by atoms with E-state index in [2.05, 4.69) is 35.2 Å². The van der Waals surface area contributed by atoms with Gasteiger partial charge in [0.25, 0.3) is 5.56 Å². The first-order valence-electron chi connectivity index (χ1n) is 10.3. The lowest BCUT2D eigenvalue weighted by atomic mass is 9.99. The number of benzene rings is 2. The van der Waals surface area contributed by atoms with Crippen LogP contribution < -0.4 is 5.56 Å². The smallest absolute Gasteiger partial charge is 0.261 e. The number of rotatable bonds is 5. The van der Waals surface area contributed by atoms with Crippen LogP contribution in [0.1, 0.15) is 23.6 Å². The number of furan rings is 1. The highest BCUT2D eigenvalue weighted by molar-refractivity contribution is 5.77. The van der Waals surface area contributed by atoms with Crippen LogP contribution in [0.3, 0.4) is 0 Å². The number of fused-ring (bicyclic) bond motifs is 1. The van der Waals surface area contributed by atoms with Gasteiger partial charge in [0, 0.05) is 13.1 Å². The third-order valence-electron chi connectivity index (χ3n) is 5.64. The second-order valence-electron chi connectivity index (χ2n) is 7.60. The summed E-state index contributed by atoms with van der Waals surface area (Å²) in [5.74, 6) is 1.52. The van der Waals surface area contributed by atoms with Crippen molar-refractivity contribution in [2.75, 3.05) is 13.1 Å². The first kappa shape index (κ1) is 18.6. The second-order valence-corrected chi connectivity index (χ2v) is 7.60. The molecule has 0 saturated carbocycles. The molecule has 0 radical (unpaired) electrons. The summed E-state index contributed by atoms with van der Waals surface area (Å²) < 4.78 is 7.25. The van der Waals surface area contributed by atoms with Gasteiger partial charge in [-0.3, -0.25) is 14.3 Å². The van der Waals surface area contributed by atoms with E-state index in [1.165, 1.54) is 11.1 Å². The fourth-order valence-electron chi connectivity index (χ4n) is 4.03. The molecule has 5 nitrogen and oxygen atoms in total. The topological polar surface area (TPSA) is 51.3 Å². The summed E-state index contributed by atoms with van der Waals surface area (Å²) in [5, 5.41) is 0.637. The van der Waals surface area contributed by atoms with Gasteiger partial charge in [0.15, 0.2) is 0 Å². The van der Waals surface area contributed by atoms with Crippen LogP contribution in [-0.2, 0) is 13.1 Å². The SMILES string of the molecule is O=c1c2ccccc2nc(CN2CC=C(c3ccccc3)CC2)n1Cc1ccco1. The first-order valence-corrected chi connectivity index (χ1v) is 10.3. The monoisotopic (exact) mass is 397 g/mol.